The van der Waals surface area contributed by atoms with E-state index in [4.69, 9.17) is 0 Å². The van der Waals surface area contributed by atoms with Crippen LogP contribution in [-0.2, 0) is 4.79 Å². The number of aliphatic carboxylic acids is 1. The number of rotatable bonds is 2. The Morgan fingerprint density at radius 1 is 1.40 bits per heavy atom. The summed E-state index contributed by atoms with van der Waals surface area (Å²) in [7, 11) is 0. The first-order valence-corrected chi connectivity index (χ1v) is 6.35. The summed E-state index contributed by atoms with van der Waals surface area (Å²) in [5.74, 6) is -2.49. The lowest BCUT2D eigenvalue weighted by atomic mass is 9.82. The molecule has 0 aliphatic carbocycles. The Labute approximate surface area is 115 Å². The molecule has 108 valence electrons. The van der Waals surface area contributed by atoms with E-state index in [2.05, 4.69) is 0 Å². The highest BCUT2D eigenvalue weighted by atomic mass is 19.1. The quantitative estimate of drug-likeness (QED) is 0.867. The molecular weight excluding hydrogens is 265 g/mol. The van der Waals surface area contributed by atoms with Crippen LogP contribution in [0, 0.1) is 11.2 Å². The molecule has 1 amide bonds. The lowest BCUT2D eigenvalue weighted by Gasteiger charge is -2.37. The number of piperidine rings is 1. The van der Waals surface area contributed by atoms with Gasteiger partial charge in [-0.3, -0.25) is 9.59 Å². The number of hydrogen-bond acceptors (Lipinski definition) is 3. The van der Waals surface area contributed by atoms with E-state index in [1.54, 1.807) is 6.92 Å². The summed E-state index contributed by atoms with van der Waals surface area (Å²) < 4.78 is 12.9. The van der Waals surface area contributed by atoms with Crippen LogP contribution in [0.25, 0.3) is 0 Å². The van der Waals surface area contributed by atoms with Gasteiger partial charge in [0.15, 0.2) is 0 Å². The molecule has 1 atom stereocenters. The lowest BCUT2D eigenvalue weighted by molar-refractivity contribution is -0.150. The molecule has 1 saturated heterocycles. The minimum atomic E-state index is -0.983. The Bertz CT molecular complexity index is 560. The van der Waals surface area contributed by atoms with E-state index in [0.29, 0.717) is 19.4 Å². The maximum absolute atomic E-state index is 12.9. The van der Waals surface area contributed by atoms with Gasteiger partial charge >= 0.3 is 5.97 Å². The average Bonchev–Trinajstić information content (AvgIpc) is 2.38. The molecule has 0 bridgehead atoms. The van der Waals surface area contributed by atoms with E-state index in [9.17, 15) is 24.2 Å². The van der Waals surface area contributed by atoms with Gasteiger partial charge in [0, 0.05) is 19.2 Å². The van der Waals surface area contributed by atoms with Gasteiger partial charge in [0.25, 0.3) is 5.91 Å². The Kier molecular flexibility index (Phi) is 3.65. The summed E-state index contributed by atoms with van der Waals surface area (Å²) in [4.78, 5) is 24.9. The highest BCUT2D eigenvalue weighted by molar-refractivity contribution is 5.97. The van der Waals surface area contributed by atoms with Crippen molar-refractivity contribution < 1.29 is 24.2 Å². The second-order valence-corrected chi connectivity index (χ2v) is 5.36. The van der Waals surface area contributed by atoms with Gasteiger partial charge in [-0.05, 0) is 31.9 Å². The molecule has 1 aliphatic rings. The molecule has 0 spiro atoms. The molecule has 1 aliphatic heterocycles. The number of hydrogen-bond donors (Lipinski definition) is 2. The van der Waals surface area contributed by atoms with Gasteiger partial charge in [-0.25, -0.2) is 4.39 Å². The smallest absolute Gasteiger partial charge is 0.311 e. The standard InChI is InChI=1S/C14H16FNO4/c1-14(13(19)20)5-2-6-16(8-14)12(18)10-4-3-9(15)7-11(10)17/h3-4,7,17H,2,5-6,8H2,1H3,(H,19,20). The first-order valence-electron chi connectivity index (χ1n) is 6.35. The first-order chi connectivity index (χ1) is 9.33. The number of phenols is 1. The van der Waals surface area contributed by atoms with Crippen molar-refractivity contribution in [1.82, 2.24) is 4.90 Å². The fraction of sp³-hybridized carbons (Fsp3) is 0.429. The van der Waals surface area contributed by atoms with Crippen molar-refractivity contribution in [3.8, 4) is 5.75 Å². The van der Waals surface area contributed by atoms with Gasteiger partial charge in [-0.15, -0.1) is 0 Å². The number of phenolic OH excluding ortho intramolecular Hbond substituents is 1. The maximum atomic E-state index is 12.9. The number of nitrogens with zero attached hydrogens (tertiary/aromatic N) is 1. The van der Waals surface area contributed by atoms with Crippen LogP contribution in [0.2, 0.25) is 0 Å². The molecule has 1 unspecified atom stereocenters. The van der Waals surface area contributed by atoms with Crippen LogP contribution in [0.1, 0.15) is 30.1 Å². The first kappa shape index (κ1) is 14.3. The fourth-order valence-corrected chi connectivity index (χ4v) is 2.44. The minimum absolute atomic E-state index is 0.0129. The zero-order valence-electron chi connectivity index (χ0n) is 11.1. The third kappa shape index (κ3) is 2.59. The summed E-state index contributed by atoms with van der Waals surface area (Å²) in [6.07, 6.45) is 1.08. The van der Waals surface area contributed by atoms with Gasteiger partial charge in [0.2, 0.25) is 0 Å². The molecule has 2 rings (SSSR count). The molecule has 1 fully saturated rings. The van der Waals surface area contributed by atoms with Crippen LogP contribution in [0.5, 0.6) is 5.75 Å². The molecule has 0 radical (unpaired) electrons. The summed E-state index contributed by atoms with van der Waals surface area (Å²) in [5, 5.41) is 18.8. The molecule has 20 heavy (non-hydrogen) atoms. The maximum Gasteiger partial charge on any atom is 0.311 e. The third-order valence-corrected chi connectivity index (χ3v) is 3.69. The second-order valence-electron chi connectivity index (χ2n) is 5.36. The number of aromatic hydroxyl groups is 1. The normalized spacial score (nSPS) is 22.6. The molecule has 2 N–H and O–H groups in total. The average molecular weight is 281 g/mol. The van der Waals surface area contributed by atoms with Gasteiger partial charge in [0.1, 0.15) is 11.6 Å². The lowest BCUT2D eigenvalue weighted by Crippen LogP contribution is -2.48. The van der Waals surface area contributed by atoms with Crippen LogP contribution in [-0.4, -0.2) is 40.1 Å². The van der Waals surface area contributed by atoms with Gasteiger partial charge < -0.3 is 15.1 Å². The van der Waals surface area contributed by atoms with Crippen LogP contribution < -0.4 is 0 Å². The van der Waals surface area contributed by atoms with Crippen molar-refractivity contribution >= 4 is 11.9 Å². The number of carboxylic acids is 1. The van der Waals surface area contributed by atoms with Crippen molar-refractivity contribution in [3.05, 3.63) is 29.6 Å². The van der Waals surface area contributed by atoms with Crippen molar-refractivity contribution in [2.24, 2.45) is 5.41 Å². The van der Waals surface area contributed by atoms with Crippen LogP contribution in [0.4, 0.5) is 4.39 Å². The number of benzene rings is 1. The van der Waals surface area contributed by atoms with Crippen molar-refractivity contribution in [2.45, 2.75) is 19.8 Å². The highest BCUT2D eigenvalue weighted by Crippen LogP contribution is 2.31. The van der Waals surface area contributed by atoms with Crippen molar-refractivity contribution in [2.75, 3.05) is 13.1 Å². The monoisotopic (exact) mass is 281 g/mol. The third-order valence-electron chi connectivity index (χ3n) is 3.69. The van der Waals surface area contributed by atoms with Crippen molar-refractivity contribution in [1.29, 1.82) is 0 Å². The highest BCUT2D eigenvalue weighted by Gasteiger charge is 2.39. The second kappa shape index (κ2) is 5.11. The Balaban J connectivity index is 2.23. The Morgan fingerprint density at radius 2 is 2.10 bits per heavy atom. The largest absolute Gasteiger partial charge is 0.507 e. The molecule has 5 nitrogen and oxygen atoms in total. The van der Waals surface area contributed by atoms with E-state index in [0.717, 1.165) is 12.1 Å². The number of halogens is 1. The van der Waals surface area contributed by atoms with Crippen LogP contribution in [0.15, 0.2) is 18.2 Å². The van der Waals surface area contributed by atoms with Crippen LogP contribution >= 0.6 is 0 Å². The molecular formula is C14H16FNO4. The Hall–Kier alpha value is -2.11. The number of carbonyl (C=O) groups is 2. The zero-order valence-corrected chi connectivity index (χ0v) is 11.1. The van der Waals surface area contributed by atoms with Crippen LogP contribution in [0.3, 0.4) is 0 Å². The van der Waals surface area contributed by atoms with E-state index < -0.39 is 28.9 Å². The summed E-state index contributed by atoms with van der Waals surface area (Å²) in [6, 6.07) is 3.17. The SMILES string of the molecule is CC1(C(=O)O)CCCN(C(=O)c2ccc(F)cc2O)C1. The molecule has 1 heterocycles. The van der Waals surface area contributed by atoms with Crippen molar-refractivity contribution in [3.63, 3.8) is 0 Å². The Morgan fingerprint density at radius 3 is 2.70 bits per heavy atom. The molecule has 6 heteroatoms. The number of amides is 1. The van der Waals surface area contributed by atoms with E-state index >= 15 is 0 Å². The summed E-state index contributed by atoms with van der Waals surface area (Å²) in [6.45, 7) is 2.11. The van der Waals surface area contributed by atoms with Gasteiger partial charge in [0.05, 0.1) is 11.0 Å². The fourth-order valence-electron chi connectivity index (χ4n) is 2.44. The summed E-state index contributed by atoms with van der Waals surface area (Å²) >= 11 is 0. The number of carbonyl (C=O) groups excluding carboxylic acids is 1. The summed E-state index contributed by atoms with van der Waals surface area (Å²) in [5.41, 5.74) is -0.996. The predicted molar refractivity (Wildman–Crippen MR) is 68.9 cm³/mol. The van der Waals surface area contributed by atoms with Gasteiger partial charge in [-0.2, -0.15) is 0 Å². The topological polar surface area (TPSA) is 77.8 Å². The molecule has 0 aromatic heterocycles. The van der Waals surface area contributed by atoms with E-state index in [1.807, 2.05) is 0 Å². The molecule has 0 saturated carbocycles. The van der Waals surface area contributed by atoms with Gasteiger partial charge in [-0.1, -0.05) is 0 Å². The van der Waals surface area contributed by atoms with E-state index in [-0.39, 0.29) is 12.1 Å². The van der Waals surface area contributed by atoms with E-state index in [1.165, 1.54) is 11.0 Å². The molecule has 1 aromatic rings. The molecule has 1 aromatic carbocycles. The minimum Gasteiger partial charge on any atom is -0.507 e. The predicted octanol–water partition coefficient (Wildman–Crippen LogP) is 1.86. The zero-order chi connectivity index (χ0) is 14.9. The number of carboxylic acid groups (broad SMARTS) is 1. The number of likely N-dealkylation sites (tertiary alicyclic amines) is 1.